The number of fused-ring (bicyclic) bond motifs is 1. The van der Waals surface area contributed by atoms with Crippen LogP contribution in [0.15, 0.2) is 203 Å². The molecule has 5 aromatic heterocycles. The lowest BCUT2D eigenvalue weighted by Crippen LogP contribution is -2.41. The number of pyridine rings is 2. The van der Waals surface area contributed by atoms with Gasteiger partial charge in [-0.1, -0.05) is 95.8 Å². The summed E-state index contributed by atoms with van der Waals surface area (Å²) in [7, 11) is -0.219. The van der Waals surface area contributed by atoms with Crippen LogP contribution in [0.2, 0.25) is 0 Å². The van der Waals surface area contributed by atoms with Gasteiger partial charge < -0.3 is 79.1 Å². The van der Waals surface area contributed by atoms with Crippen LogP contribution in [0.3, 0.4) is 0 Å². The van der Waals surface area contributed by atoms with Crippen LogP contribution >= 0.6 is 27.7 Å². The van der Waals surface area contributed by atoms with E-state index in [1.54, 1.807) is 117 Å². The number of carbonyl (C=O) groups excluding carboxylic acids is 1. The Labute approximate surface area is 776 Å². The van der Waals surface area contributed by atoms with E-state index in [0.29, 0.717) is 115 Å². The van der Waals surface area contributed by atoms with E-state index in [4.69, 9.17) is 57.9 Å². The number of aliphatic hydroxyl groups is 2. The molecule has 9 aliphatic rings. The highest BCUT2D eigenvalue weighted by Gasteiger charge is 2.54. The number of nitrogen functional groups attached to an aromatic ring is 1. The quantitative estimate of drug-likeness (QED) is 0.00833. The predicted octanol–water partition coefficient (Wildman–Crippen LogP) is 18.1. The highest BCUT2D eigenvalue weighted by Crippen LogP contribution is 2.47. The number of thioether (sulfide) groups is 1. The highest BCUT2D eigenvalue weighted by molar-refractivity contribution is 9.10. The van der Waals surface area contributed by atoms with Crippen molar-refractivity contribution in [3.8, 4) is 5.82 Å². The van der Waals surface area contributed by atoms with Crippen LogP contribution in [0.5, 0.6) is 0 Å². The summed E-state index contributed by atoms with van der Waals surface area (Å²) in [5.41, 5.74) is 12.5. The maximum Gasteiger partial charge on any atom is 0.490 e. The van der Waals surface area contributed by atoms with E-state index >= 15 is 0 Å². The minimum atomic E-state index is -1.15. The molecule has 4 aliphatic carbocycles. The zero-order valence-electron chi connectivity index (χ0n) is 75.0. The summed E-state index contributed by atoms with van der Waals surface area (Å²) in [4.78, 5) is 72.1. The third kappa shape index (κ3) is 25.3. The number of benzene rings is 4. The molecule has 4 spiro atoms. The molecule has 18 rings (SSSR count). The first-order chi connectivity index (χ1) is 62.1. The van der Waals surface area contributed by atoms with Crippen molar-refractivity contribution in [3.63, 3.8) is 0 Å². The van der Waals surface area contributed by atoms with Gasteiger partial charge >= 0.3 is 7.12 Å². The fraction of sp³-hybridized carbons (Fsp3) is 0.458. The number of ether oxygens (including phenoxy) is 8. The monoisotopic (exact) mass is 1880 g/mol. The zero-order valence-corrected chi connectivity index (χ0v) is 77.4. The summed E-state index contributed by atoms with van der Waals surface area (Å²) < 4.78 is 62.2. The topological polar surface area (TPSA) is 402 Å². The third-order valence-corrected chi connectivity index (χ3v) is 25.6. The number of aromatic nitrogens is 8. The number of nitrogens with zero attached hydrogens (tertiary/aromatic N) is 10. The minimum Gasteiger partial charge on any atom is -0.400 e. The second-order valence-corrected chi connectivity index (χ2v) is 36.7. The molecule has 1 amide bonds. The van der Waals surface area contributed by atoms with Crippen LogP contribution in [-0.4, -0.2) is 172 Å². The molecular formula is C96H120BBrN14O18S. The molecule has 9 aromatic rings. The van der Waals surface area contributed by atoms with Crippen molar-refractivity contribution in [2.45, 2.75) is 222 Å². The van der Waals surface area contributed by atoms with E-state index in [9.17, 15) is 40.0 Å². The van der Waals surface area contributed by atoms with Gasteiger partial charge in [0.1, 0.15) is 33.8 Å². The Balaban J connectivity index is 0.000000149. The van der Waals surface area contributed by atoms with Crippen molar-refractivity contribution in [1.82, 2.24) is 44.6 Å². The van der Waals surface area contributed by atoms with E-state index in [-0.39, 0.29) is 77.4 Å². The van der Waals surface area contributed by atoms with Gasteiger partial charge in [-0.2, -0.15) is 4.98 Å². The zero-order chi connectivity index (χ0) is 92.7. The highest BCUT2D eigenvalue weighted by atomic mass is 79.9. The Morgan fingerprint density at radius 2 is 1.11 bits per heavy atom. The van der Waals surface area contributed by atoms with Gasteiger partial charge in [-0.3, -0.25) is 29.8 Å². The second kappa shape index (κ2) is 43.6. The Kier molecular flexibility index (Phi) is 33.1. The molecule has 698 valence electrons. The third-order valence-electron chi connectivity index (χ3n) is 24.5. The average Bonchev–Trinajstić information content (AvgIpc) is 1.59. The Bertz CT molecular complexity index is 5510. The van der Waals surface area contributed by atoms with Crippen molar-refractivity contribution in [2.24, 2.45) is 0 Å². The molecule has 35 heteroatoms. The van der Waals surface area contributed by atoms with Gasteiger partial charge in [0, 0.05) is 110 Å². The first-order valence-electron chi connectivity index (χ1n) is 43.9. The molecule has 4 aromatic carbocycles. The molecule has 0 radical (unpaired) electrons. The fourth-order valence-corrected chi connectivity index (χ4v) is 17.1. The fourth-order valence-electron chi connectivity index (χ4n) is 16.5. The van der Waals surface area contributed by atoms with Crippen LogP contribution < -0.4 is 27.2 Å². The van der Waals surface area contributed by atoms with E-state index in [2.05, 4.69) is 134 Å². The minimum absolute atomic E-state index is 0. The van der Waals surface area contributed by atoms with Crippen LogP contribution in [0.25, 0.3) is 22.4 Å². The Hall–Kier alpha value is -10.3. The molecule has 0 bridgehead atoms. The summed E-state index contributed by atoms with van der Waals surface area (Å²) >= 11 is 4.54. The number of nitro benzene ring substituents is 2. The standard InChI is InChI=1S/C30H34N6O4.C17H21N5O2S.C14H23BO4.C14H15NO4.C14H19NO2.C6H4BrNO2.CH4/c1-4-16-35-27(37)23-19-31-28(34-26(23)36(35)25-7-5-6-24(33-25)29(2,3)38)32-22-10-8-20(9-11-22)21-12-14-30(15-13-21)39-17-18-40-30;1-5-9-18-15(23)11-10-19-16(25-4)22-14(11)21-13-8-6-7-12(20-13)17(2,3)24;1-12(2)13(3,4)19-15(18-12)11-5-7-14(8-6-11)16-9-10-17-14;16-15(17)13-3-1-11(2-4-13)12-5-7-14(8-6-12)18-9-10-19-14;15-13-3-1-11(2-4-13)12-5-7-14(8-6-12)16-9-10-17-14;7-5-1-3-6(4-2-5)8(9)10;/h4-11,19,21,38H,1,12-18H2,2-3H3,(H,31,32,34);5-8,10,24H,1,9H2,2-4H3,(H,18,23)(H,19,20,21,22);5H,6-10H2,1-4H3;1-5H,6-10H2;1-4,12H,5-10,15H2;1-4H;1H4. The summed E-state index contributed by atoms with van der Waals surface area (Å²) in [6, 6.07) is 40.0. The lowest BCUT2D eigenvalue weighted by Gasteiger charge is -2.35. The van der Waals surface area contributed by atoms with Crippen LogP contribution in [0, 0.1) is 20.2 Å². The summed E-state index contributed by atoms with van der Waals surface area (Å²) in [5, 5.41) is 51.2. The molecule has 0 unspecified atom stereocenters. The van der Waals surface area contributed by atoms with Crippen LogP contribution in [0.4, 0.5) is 40.3 Å². The average molecular weight is 1880 g/mol. The van der Waals surface area contributed by atoms with Gasteiger partial charge in [-0.05, 0) is 213 Å². The maximum absolute atomic E-state index is 13.2. The van der Waals surface area contributed by atoms with Crippen LogP contribution in [0.1, 0.15) is 203 Å². The lowest BCUT2D eigenvalue weighted by molar-refractivity contribution is -0.385. The number of halogens is 1. The second-order valence-electron chi connectivity index (χ2n) is 35.0. The Morgan fingerprint density at radius 1 is 0.618 bits per heavy atom. The number of amides is 1. The number of anilines is 5. The Morgan fingerprint density at radius 3 is 1.60 bits per heavy atom. The number of rotatable bonds is 19. The number of hydrogen-bond donors (Lipinski definition) is 6. The van der Waals surface area contributed by atoms with Gasteiger partial charge in [0.05, 0.1) is 91.8 Å². The molecular weight excluding hydrogens is 1760 g/mol. The number of hydrogen-bond acceptors (Lipinski definition) is 28. The number of nitrogens with two attached hydrogens (primary N) is 1. The normalized spacial score (nSPS) is 19.4. The largest absolute Gasteiger partial charge is 0.490 e. The molecule has 131 heavy (non-hydrogen) atoms. The predicted molar refractivity (Wildman–Crippen MR) is 507 cm³/mol. The van der Waals surface area contributed by atoms with Crippen LogP contribution in [-0.2, 0) is 65.0 Å². The molecule has 10 heterocycles. The molecule has 5 aliphatic heterocycles. The van der Waals surface area contributed by atoms with Crippen molar-refractivity contribution >= 4 is 97.7 Å². The van der Waals surface area contributed by atoms with Crippen molar-refractivity contribution in [1.29, 1.82) is 0 Å². The van der Waals surface area contributed by atoms with Gasteiger partial charge in [0.25, 0.3) is 22.8 Å². The molecule has 7 N–H and O–H groups in total. The van der Waals surface area contributed by atoms with Crippen molar-refractivity contribution in [3.05, 3.63) is 257 Å². The molecule has 7 fully saturated rings. The van der Waals surface area contributed by atoms with Gasteiger partial charge in [0.15, 0.2) is 39.8 Å². The molecule has 5 saturated heterocycles. The number of nitrogens with one attached hydrogen (secondary N) is 3. The summed E-state index contributed by atoms with van der Waals surface area (Å²) in [6.07, 6.45) is 25.7. The first-order valence-corrected chi connectivity index (χ1v) is 45.9. The van der Waals surface area contributed by atoms with Gasteiger partial charge in [-0.25, -0.2) is 34.3 Å². The van der Waals surface area contributed by atoms with E-state index < -0.39 is 21.9 Å². The number of non-ortho nitro benzene ring substituents is 2. The van der Waals surface area contributed by atoms with E-state index in [0.717, 1.165) is 125 Å². The van der Waals surface area contributed by atoms with E-state index in [1.165, 1.54) is 63.1 Å². The first kappa shape index (κ1) is 99.7. The molecule has 32 nitrogen and oxygen atoms in total. The smallest absolute Gasteiger partial charge is 0.400 e. The SMILES string of the molecule is C.C=CCNC(=O)c1cnc(SC)nc1Nc1cccc(C(C)(C)O)n1.C=CCn1c(=O)c2cnc(Nc3ccc(C4CCC5(CC4)OCCO5)cc3)nc2n1-c1cccc(C(C)(C)O)n1.CC1(C)OB(C2=CCC3(CC2)OCCO3)OC1(C)C.Nc1ccc(C2CCC3(CC2)OCCO3)cc1.O=[N+]([O-])c1ccc(Br)cc1.O=[N+]([O-])c1ccc(C2=CCC3(CC2)OCCO3)cc1. The maximum atomic E-state index is 13.2. The summed E-state index contributed by atoms with van der Waals surface area (Å²) in [5.74, 6) is 1.06. The summed E-state index contributed by atoms with van der Waals surface area (Å²) in [6.45, 7) is 28.6. The molecule has 2 saturated carbocycles. The number of carbonyl (C=O) groups is 1. The van der Waals surface area contributed by atoms with Gasteiger partial charge in [-0.15, -0.1) is 13.2 Å². The lowest BCUT2D eigenvalue weighted by atomic mass is 9.71. The number of nitro groups is 2. The van der Waals surface area contributed by atoms with Crippen molar-refractivity contribution in [2.75, 3.05) is 82.0 Å². The van der Waals surface area contributed by atoms with Crippen molar-refractivity contribution < 1.29 is 72.1 Å². The number of allylic oxidation sites excluding steroid dienone is 3. The van der Waals surface area contributed by atoms with Gasteiger partial charge in [0.2, 0.25) is 5.95 Å². The molecule has 0 atom stereocenters. The van der Waals surface area contributed by atoms with E-state index in [1.807, 2.05) is 30.5 Å².